The Morgan fingerprint density at radius 2 is 2.25 bits per heavy atom. The zero-order valence-electron chi connectivity index (χ0n) is 11.7. The maximum atomic E-state index is 11.7. The quantitative estimate of drug-likeness (QED) is 0.739. The monoisotopic (exact) mass is 272 g/mol. The molecule has 1 aliphatic carbocycles. The van der Waals surface area contributed by atoms with E-state index >= 15 is 0 Å². The summed E-state index contributed by atoms with van der Waals surface area (Å²) in [6.07, 6.45) is 7.04. The van der Waals surface area contributed by atoms with Gasteiger partial charge in [0, 0.05) is 18.2 Å². The number of carbonyl (C=O) groups excluding carboxylic acids is 1. The maximum absolute atomic E-state index is 11.7. The van der Waals surface area contributed by atoms with E-state index in [1.165, 1.54) is 12.8 Å². The molecule has 1 aromatic carbocycles. The summed E-state index contributed by atoms with van der Waals surface area (Å²) in [7, 11) is 0. The van der Waals surface area contributed by atoms with Crippen LogP contribution in [0.3, 0.4) is 0 Å². The Balaban J connectivity index is 1.93. The van der Waals surface area contributed by atoms with Gasteiger partial charge in [-0.05, 0) is 25.8 Å². The molecule has 1 unspecified atom stereocenters. The fourth-order valence-electron chi connectivity index (χ4n) is 1.83. The fourth-order valence-corrected chi connectivity index (χ4v) is 1.83. The molecule has 4 heteroatoms. The van der Waals surface area contributed by atoms with Gasteiger partial charge in [0.2, 0.25) is 0 Å². The van der Waals surface area contributed by atoms with E-state index in [1.807, 2.05) is 24.3 Å². The summed E-state index contributed by atoms with van der Waals surface area (Å²) in [5, 5.41) is 6.06. The Hall–Kier alpha value is -1.99. The van der Waals surface area contributed by atoms with Crippen LogP contribution >= 0.6 is 0 Å². The van der Waals surface area contributed by atoms with E-state index in [2.05, 4.69) is 16.6 Å². The minimum absolute atomic E-state index is 0.201. The van der Waals surface area contributed by atoms with Gasteiger partial charge in [-0.25, -0.2) is 0 Å². The van der Waals surface area contributed by atoms with Gasteiger partial charge in [-0.3, -0.25) is 4.79 Å². The van der Waals surface area contributed by atoms with Crippen LogP contribution in [0.5, 0.6) is 5.75 Å². The molecule has 1 saturated carbocycles. The number of terminal acetylenes is 1. The minimum atomic E-state index is -0.564. The Morgan fingerprint density at radius 1 is 1.50 bits per heavy atom. The number of nitrogens with one attached hydrogen (secondary N) is 2. The van der Waals surface area contributed by atoms with Crippen molar-refractivity contribution in [3.05, 3.63) is 29.8 Å². The standard InChI is InChI=1S/C16H20N2O2/c1-3-10-17-16(19)12(2)20-15-7-5-4-6-13(15)11-18-14-8-9-14/h1,4-7,12,14,18H,8-11H2,2H3,(H,17,19). The van der Waals surface area contributed by atoms with Crippen LogP contribution in [0.4, 0.5) is 0 Å². The van der Waals surface area contributed by atoms with E-state index in [0.717, 1.165) is 17.9 Å². The van der Waals surface area contributed by atoms with Gasteiger partial charge in [0.1, 0.15) is 5.75 Å². The molecule has 0 aromatic heterocycles. The van der Waals surface area contributed by atoms with Gasteiger partial charge in [0.05, 0.1) is 6.54 Å². The average molecular weight is 272 g/mol. The molecule has 1 amide bonds. The Morgan fingerprint density at radius 3 is 2.95 bits per heavy atom. The zero-order chi connectivity index (χ0) is 14.4. The van der Waals surface area contributed by atoms with Crippen molar-refractivity contribution in [3.8, 4) is 18.1 Å². The number of rotatable bonds is 7. The van der Waals surface area contributed by atoms with E-state index in [4.69, 9.17) is 11.2 Å². The van der Waals surface area contributed by atoms with E-state index in [0.29, 0.717) is 6.04 Å². The molecule has 0 heterocycles. The Kier molecular flexibility index (Phi) is 5.03. The molecular weight excluding hydrogens is 252 g/mol. The SMILES string of the molecule is C#CCNC(=O)C(C)Oc1ccccc1CNC1CC1. The van der Waals surface area contributed by atoms with E-state index in [-0.39, 0.29) is 12.5 Å². The minimum Gasteiger partial charge on any atom is -0.481 e. The third-order valence-corrected chi connectivity index (χ3v) is 3.17. The Labute approximate surface area is 119 Å². The molecule has 0 saturated heterocycles. The van der Waals surface area contributed by atoms with Gasteiger partial charge in [-0.2, -0.15) is 0 Å². The summed E-state index contributed by atoms with van der Waals surface area (Å²) in [5.41, 5.74) is 1.07. The number of benzene rings is 1. The number of para-hydroxylation sites is 1. The molecule has 1 aliphatic rings. The Bertz CT molecular complexity index is 503. The number of carbonyl (C=O) groups is 1. The van der Waals surface area contributed by atoms with Gasteiger partial charge < -0.3 is 15.4 Å². The van der Waals surface area contributed by atoms with Crippen molar-refractivity contribution in [1.82, 2.24) is 10.6 Å². The fraction of sp³-hybridized carbons (Fsp3) is 0.438. The predicted octanol–water partition coefficient (Wildman–Crippen LogP) is 1.46. The van der Waals surface area contributed by atoms with Crippen LogP contribution in [-0.2, 0) is 11.3 Å². The number of hydrogen-bond acceptors (Lipinski definition) is 3. The molecule has 1 atom stereocenters. The molecule has 106 valence electrons. The van der Waals surface area contributed by atoms with E-state index < -0.39 is 6.10 Å². The highest BCUT2D eigenvalue weighted by molar-refractivity contribution is 5.80. The lowest BCUT2D eigenvalue weighted by molar-refractivity contribution is -0.127. The lowest BCUT2D eigenvalue weighted by Crippen LogP contribution is -2.36. The molecule has 1 fully saturated rings. The molecule has 4 nitrogen and oxygen atoms in total. The first-order valence-electron chi connectivity index (χ1n) is 6.90. The van der Waals surface area contributed by atoms with Gasteiger partial charge >= 0.3 is 0 Å². The van der Waals surface area contributed by atoms with Crippen molar-refractivity contribution in [3.63, 3.8) is 0 Å². The molecule has 2 N–H and O–H groups in total. The van der Waals surface area contributed by atoms with Crippen molar-refractivity contribution in [1.29, 1.82) is 0 Å². The number of hydrogen-bond donors (Lipinski definition) is 2. The molecule has 0 bridgehead atoms. The predicted molar refractivity (Wildman–Crippen MR) is 78.2 cm³/mol. The molecule has 0 spiro atoms. The number of amides is 1. The largest absolute Gasteiger partial charge is 0.481 e. The van der Waals surface area contributed by atoms with Crippen molar-refractivity contribution in [2.75, 3.05) is 6.54 Å². The van der Waals surface area contributed by atoms with Crippen LogP contribution < -0.4 is 15.4 Å². The smallest absolute Gasteiger partial charge is 0.261 e. The molecular formula is C16H20N2O2. The second kappa shape index (κ2) is 6.97. The molecule has 0 radical (unpaired) electrons. The summed E-state index contributed by atoms with van der Waals surface area (Å²) in [6.45, 7) is 2.70. The summed E-state index contributed by atoms with van der Waals surface area (Å²) in [6, 6.07) is 8.41. The lowest BCUT2D eigenvalue weighted by atomic mass is 10.2. The first-order chi connectivity index (χ1) is 9.70. The molecule has 2 rings (SSSR count). The highest BCUT2D eigenvalue weighted by Gasteiger charge is 2.21. The van der Waals surface area contributed by atoms with Crippen LogP contribution in [-0.4, -0.2) is 24.6 Å². The van der Waals surface area contributed by atoms with Gasteiger partial charge in [0.15, 0.2) is 6.10 Å². The van der Waals surface area contributed by atoms with Crippen LogP contribution in [0, 0.1) is 12.3 Å². The maximum Gasteiger partial charge on any atom is 0.261 e. The van der Waals surface area contributed by atoms with E-state index in [9.17, 15) is 4.79 Å². The van der Waals surface area contributed by atoms with Gasteiger partial charge in [0.25, 0.3) is 5.91 Å². The summed E-state index contributed by atoms with van der Waals surface area (Å²) in [4.78, 5) is 11.7. The van der Waals surface area contributed by atoms with E-state index in [1.54, 1.807) is 6.92 Å². The van der Waals surface area contributed by atoms with Crippen molar-refractivity contribution in [2.24, 2.45) is 0 Å². The van der Waals surface area contributed by atoms with Gasteiger partial charge in [-0.1, -0.05) is 24.1 Å². The second-order valence-corrected chi connectivity index (χ2v) is 4.94. The third kappa shape index (κ3) is 4.29. The number of ether oxygens (including phenoxy) is 1. The summed E-state index contributed by atoms with van der Waals surface area (Å²) >= 11 is 0. The normalized spacial score (nSPS) is 15.2. The topological polar surface area (TPSA) is 50.4 Å². The molecule has 20 heavy (non-hydrogen) atoms. The van der Waals surface area contributed by atoms with Crippen LogP contribution in [0.25, 0.3) is 0 Å². The van der Waals surface area contributed by atoms with Crippen molar-refractivity contribution >= 4 is 5.91 Å². The highest BCUT2D eigenvalue weighted by atomic mass is 16.5. The third-order valence-electron chi connectivity index (χ3n) is 3.17. The molecule has 0 aliphatic heterocycles. The van der Waals surface area contributed by atoms with Crippen LogP contribution in [0.2, 0.25) is 0 Å². The second-order valence-electron chi connectivity index (χ2n) is 4.94. The van der Waals surface area contributed by atoms with Crippen molar-refractivity contribution < 1.29 is 9.53 Å². The van der Waals surface area contributed by atoms with Crippen molar-refractivity contribution in [2.45, 2.75) is 38.5 Å². The molecule has 1 aromatic rings. The summed E-state index contributed by atoms with van der Waals surface area (Å²) < 4.78 is 5.74. The lowest BCUT2D eigenvalue weighted by Gasteiger charge is -2.17. The van der Waals surface area contributed by atoms with Crippen LogP contribution in [0.15, 0.2) is 24.3 Å². The average Bonchev–Trinajstić information content (AvgIpc) is 3.28. The highest BCUT2D eigenvalue weighted by Crippen LogP contribution is 2.23. The first-order valence-corrected chi connectivity index (χ1v) is 6.90. The van der Waals surface area contributed by atoms with Crippen LogP contribution in [0.1, 0.15) is 25.3 Å². The first kappa shape index (κ1) is 14.4. The zero-order valence-corrected chi connectivity index (χ0v) is 11.7. The van der Waals surface area contributed by atoms with Gasteiger partial charge in [-0.15, -0.1) is 6.42 Å². The summed E-state index contributed by atoms with van der Waals surface area (Å²) in [5.74, 6) is 2.91.